The first kappa shape index (κ1) is 13.4. The highest BCUT2D eigenvalue weighted by Gasteiger charge is 2.03. The molecule has 3 aromatic rings. The van der Waals surface area contributed by atoms with Crippen molar-refractivity contribution in [1.82, 2.24) is 4.98 Å². The Morgan fingerprint density at radius 3 is 2.80 bits per heavy atom. The Balaban J connectivity index is 1.75. The number of halogens is 1. The molecule has 0 radical (unpaired) electrons. The first-order valence-electron chi connectivity index (χ1n) is 5.98. The number of benzene rings is 2. The monoisotopic (exact) mass is 349 g/mol. The van der Waals surface area contributed by atoms with E-state index >= 15 is 0 Å². The second kappa shape index (κ2) is 5.78. The standard InChI is InChI=1S/C14H12BrN3OS/c15-11-3-1-10-6-12(4-2-9(10)5-11)19-8-13-7-17-14(18-16)20-13/h1-7H,8,16H2,(H,17,18). The van der Waals surface area contributed by atoms with Crippen molar-refractivity contribution < 1.29 is 4.74 Å². The van der Waals surface area contributed by atoms with Gasteiger partial charge in [-0.05, 0) is 35.0 Å². The number of rotatable bonds is 4. The smallest absolute Gasteiger partial charge is 0.197 e. The van der Waals surface area contributed by atoms with Crippen LogP contribution in [0.1, 0.15) is 4.88 Å². The topological polar surface area (TPSA) is 60.2 Å². The van der Waals surface area contributed by atoms with Crippen molar-refractivity contribution in [3.63, 3.8) is 0 Å². The van der Waals surface area contributed by atoms with Crippen molar-refractivity contribution in [2.75, 3.05) is 5.43 Å². The fraction of sp³-hybridized carbons (Fsp3) is 0.0714. The molecule has 0 aliphatic carbocycles. The second-order valence-corrected chi connectivity index (χ2v) is 6.25. The zero-order valence-corrected chi connectivity index (χ0v) is 12.9. The van der Waals surface area contributed by atoms with Crippen LogP contribution in [0.4, 0.5) is 5.13 Å². The van der Waals surface area contributed by atoms with Gasteiger partial charge in [0.15, 0.2) is 5.13 Å². The number of thiazole rings is 1. The van der Waals surface area contributed by atoms with E-state index in [-0.39, 0.29) is 0 Å². The van der Waals surface area contributed by atoms with Gasteiger partial charge in [0, 0.05) is 10.7 Å². The zero-order valence-electron chi connectivity index (χ0n) is 10.5. The Kier molecular flexibility index (Phi) is 3.86. The van der Waals surface area contributed by atoms with Crippen LogP contribution in [0.5, 0.6) is 5.75 Å². The highest BCUT2D eigenvalue weighted by Crippen LogP contribution is 2.25. The molecule has 6 heteroatoms. The number of hydrazine groups is 1. The minimum atomic E-state index is 0.487. The molecule has 4 nitrogen and oxygen atoms in total. The molecule has 0 saturated carbocycles. The lowest BCUT2D eigenvalue weighted by Crippen LogP contribution is -2.05. The van der Waals surface area contributed by atoms with Crippen LogP contribution < -0.4 is 16.0 Å². The maximum Gasteiger partial charge on any atom is 0.197 e. The summed E-state index contributed by atoms with van der Waals surface area (Å²) in [5.41, 5.74) is 2.52. The van der Waals surface area contributed by atoms with E-state index in [4.69, 9.17) is 10.6 Å². The molecule has 0 aliphatic rings. The fourth-order valence-electron chi connectivity index (χ4n) is 1.88. The van der Waals surface area contributed by atoms with Crippen molar-refractivity contribution in [2.45, 2.75) is 6.61 Å². The first-order valence-corrected chi connectivity index (χ1v) is 7.59. The molecule has 0 saturated heterocycles. The first-order chi connectivity index (χ1) is 9.74. The molecular weight excluding hydrogens is 338 g/mol. The van der Waals surface area contributed by atoms with Gasteiger partial charge in [-0.3, -0.25) is 5.43 Å². The fourth-order valence-corrected chi connectivity index (χ4v) is 2.89. The molecule has 0 unspecified atom stereocenters. The van der Waals surface area contributed by atoms with Crippen LogP contribution in [0.25, 0.3) is 10.8 Å². The van der Waals surface area contributed by atoms with Crippen molar-refractivity contribution in [3.8, 4) is 5.75 Å². The molecule has 0 bridgehead atoms. The normalized spacial score (nSPS) is 10.7. The van der Waals surface area contributed by atoms with Crippen molar-refractivity contribution in [1.29, 1.82) is 0 Å². The van der Waals surface area contributed by atoms with E-state index in [0.717, 1.165) is 20.5 Å². The Hall–Kier alpha value is -1.63. The minimum absolute atomic E-state index is 0.487. The summed E-state index contributed by atoms with van der Waals surface area (Å²) in [6.45, 7) is 0.487. The third kappa shape index (κ3) is 2.92. The summed E-state index contributed by atoms with van der Waals surface area (Å²) >= 11 is 4.95. The summed E-state index contributed by atoms with van der Waals surface area (Å²) < 4.78 is 6.85. The highest BCUT2D eigenvalue weighted by atomic mass is 79.9. The van der Waals surface area contributed by atoms with Crippen LogP contribution in [0.3, 0.4) is 0 Å². The molecule has 102 valence electrons. The maximum absolute atomic E-state index is 5.78. The molecule has 0 aliphatic heterocycles. The van der Waals surface area contributed by atoms with E-state index < -0.39 is 0 Å². The predicted molar refractivity (Wildman–Crippen MR) is 85.9 cm³/mol. The molecule has 0 spiro atoms. The van der Waals surface area contributed by atoms with Crippen LogP contribution in [-0.2, 0) is 6.61 Å². The molecule has 0 atom stereocenters. The van der Waals surface area contributed by atoms with Crippen molar-refractivity contribution in [2.24, 2.45) is 5.84 Å². The SMILES string of the molecule is NNc1ncc(COc2ccc3cc(Br)ccc3c2)s1. The Morgan fingerprint density at radius 2 is 2.00 bits per heavy atom. The van der Waals surface area contributed by atoms with Gasteiger partial charge in [-0.25, -0.2) is 10.8 Å². The molecule has 1 aromatic heterocycles. The Labute approximate surface area is 128 Å². The van der Waals surface area contributed by atoms with Crippen LogP contribution in [0, 0.1) is 0 Å². The third-order valence-corrected chi connectivity index (χ3v) is 4.23. The van der Waals surface area contributed by atoms with Crippen LogP contribution in [0.15, 0.2) is 47.1 Å². The average Bonchev–Trinajstić information content (AvgIpc) is 2.93. The van der Waals surface area contributed by atoms with Crippen molar-refractivity contribution >= 4 is 43.2 Å². The average molecular weight is 350 g/mol. The van der Waals surface area contributed by atoms with Gasteiger partial charge in [0.2, 0.25) is 0 Å². The van der Waals surface area contributed by atoms with Gasteiger partial charge in [-0.2, -0.15) is 0 Å². The van der Waals surface area contributed by atoms with E-state index in [1.165, 1.54) is 16.7 Å². The summed E-state index contributed by atoms with van der Waals surface area (Å²) in [7, 11) is 0. The largest absolute Gasteiger partial charge is 0.488 e. The lowest BCUT2D eigenvalue weighted by atomic mass is 10.1. The number of ether oxygens (including phenoxy) is 1. The number of hydrogen-bond donors (Lipinski definition) is 2. The number of nitrogens with one attached hydrogen (secondary N) is 1. The zero-order chi connectivity index (χ0) is 13.9. The van der Waals surface area contributed by atoms with Gasteiger partial charge in [-0.15, -0.1) is 0 Å². The van der Waals surface area contributed by atoms with Gasteiger partial charge in [0.1, 0.15) is 12.4 Å². The van der Waals surface area contributed by atoms with Crippen LogP contribution in [0.2, 0.25) is 0 Å². The Bertz CT molecular complexity index is 744. The number of nitrogens with zero attached hydrogens (tertiary/aromatic N) is 1. The maximum atomic E-state index is 5.78. The molecular formula is C14H12BrN3OS. The molecule has 3 rings (SSSR count). The quantitative estimate of drug-likeness (QED) is 0.553. The number of fused-ring (bicyclic) bond motifs is 1. The summed E-state index contributed by atoms with van der Waals surface area (Å²) in [6, 6.07) is 12.2. The van der Waals surface area contributed by atoms with Gasteiger partial charge >= 0.3 is 0 Å². The Morgan fingerprint density at radius 1 is 1.20 bits per heavy atom. The van der Waals surface area contributed by atoms with Gasteiger partial charge in [0.25, 0.3) is 0 Å². The van der Waals surface area contributed by atoms with Crippen molar-refractivity contribution in [3.05, 3.63) is 51.9 Å². The number of nitrogens with two attached hydrogens (primary N) is 1. The third-order valence-electron chi connectivity index (χ3n) is 2.83. The molecule has 0 amide bonds. The predicted octanol–water partition coefficient (Wildman–Crippen LogP) is 3.92. The van der Waals surface area contributed by atoms with Crippen LogP contribution in [-0.4, -0.2) is 4.98 Å². The van der Waals surface area contributed by atoms with E-state index in [0.29, 0.717) is 11.7 Å². The molecule has 1 heterocycles. The molecule has 2 aromatic carbocycles. The molecule has 0 fully saturated rings. The second-order valence-electron chi connectivity index (χ2n) is 4.22. The summed E-state index contributed by atoms with van der Waals surface area (Å²) in [5.74, 6) is 6.14. The molecule has 20 heavy (non-hydrogen) atoms. The number of hydrogen-bond acceptors (Lipinski definition) is 5. The van der Waals surface area contributed by atoms with Crippen LogP contribution >= 0.6 is 27.3 Å². The summed E-state index contributed by atoms with van der Waals surface area (Å²) in [6.07, 6.45) is 1.76. The van der Waals surface area contributed by atoms with E-state index in [9.17, 15) is 0 Å². The lowest BCUT2D eigenvalue weighted by molar-refractivity contribution is 0.310. The van der Waals surface area contributed by atoms with E-state index in [1.807, 2.05) is 18.2 Å². The van der Waals surface area contributed by atoms with E-state index in [1.54, 1.807) is 6.20 Å². The lowest BCUT2D eigenvalue weighted by Gasteiger charge is -2.06. The molecule has 3 N–H and O–H groups in total. The van der Waals surface area contributed by atoms with Gasteiger partial charge < -0.3 is 4.74 Å². The highest BCUT2D eigenvalue weighted by molar-refractivity contribution is 9.10. The minimum Gasteiger partial charge on any atom is -0.488 e. The van der Waals surface area contributed by atoms with E-state index in [2.05, 4.69) is 44.5 Å². The number of nitrogen functional groups attached to an aromatic ring is 1. The van der Waals surface area contributed by atoms with Gasteiger partial charge in [0.05, 0.1) is 4.88 Å². The number of anilines is 1. The van der Waals surface area contributed by atoms with Gasteiger partial charge in [-0.1, -0.05) is 39.4 Å². The number of aromatic nitrogens is 1. The summed E-state index contributed by atoms with van der Waals surface area (Å²) in [5, 5.41) is 3.02. The summed E-state index contributed by atoms with van der Waals surface area (Å²) in [4.78, 5) is 5.13.